The van der Waals surface area contributed by atoms with Crippen LogP contribution in [0.1, 0.15) is 44.5 Å². The third-order valence-electron chi connectivity index (χ3n) is 13.8. The lowest BCUT2D eigenvalue weighted by molar-refractivity contribution is 0.794. The number of aromatic nitrogens is 2. The highest BCUT2D eigenvalue weighted by Gasteiger charge is 2.52. The molecule has 10 aromatic rings. The van der Waals surface area contributed by atoms with Gasteiger partial charge in [-0.2, -0.15) is 0 Å². The zero-order chi connectivity index (χ0) is 45.2. The Morgan fingerprint density at radius 1 is 0.299 bits per heavy atom. The standard InChI is InChI=1S/C63H48N4/c1-41-11-21-47(22-12-41)66(48-23-13-42(2)14-24-48)51-29-33-55-56-34-30-52(67(49-25-15-43(3)16-26-49)50-27-17-44(4)18-28-50)40-60(56)63(59(55)39-51)57-37-45(61-9-5-7-35-64-61)19-31-53(57)54-32-20-46(38-58(54)63)62-10-6-8-36-65-62/h5-40H,1-4H3. The Bertz CT molecular complexity index is 3140. The van der Waals surface area contributed by atoms with Gasteiger partial charge in [-0.05, 0) is 181 Å². The topological polar surface area (TPSA) is 32.3 Å². The number of anilines is 6. The lowest BCUT2D eigenvalue weighted by Crippen LogP contribution is -2.27. The van der Waals surface area contributed by atoms with Gasteiger partial charge in [-0.15, -0.1) is 0 Å². The third-order valence-corrected chi connectivity index (χ3v) is 13.8. The van der Waals surface area contributed by atoms with Crippen LogP contribution in [0.5, 0.6) is 0 Å². The molecule has 1 spiro atoms. The lowest BCUT2D eigenvalue weighted by atomic mass is 9.69. The molecule has 8 aromatic carbocycles. The number of rotatable bonds is 8. The number of fused-ring (bicyclic) bond motifs is 10. The Morgan fingerprint density at radius 3 is 0.910 bits per heavy atom. The molecule has 0 N–H and O–H groups in total. The van der Waals surface area contributed by atoms with Gasteiger partial charge in [0.1, 0.15) is 0 Å². The van der Waals surface area contributed by atoms with Crippen LogP contribution in [0.25, 0.3) is 44.8 Å². The van der Waals surface area contributed by atoms with Gasteiger partial charge in [-0.25, -0.2) is 0 Å². The van der Waals surface area contributed by atoms with Crippen molar-refractivity contribution in [2.45, 2.75) is 33.1 Å². The van der Waals surface area contributed by atoms with Gasteiger partial charge in [0.25, 0.3) is 0 Å². The molecule has 0 amide bonds. The molecule has 4 heteroatoms. The molecule has 0 saturated heterocycles. The summed E-state index contributed by atoms with van der Waals surface area (Å²) in [7, 11) is 0. The van der Waals surface area contributed by atoms with Crippen LogP contribution in [0.3, 0.4) is 0 Å². The molecule has 0 saturated carbocycles. The van der Waals surface area contributed by atoms with Crippen molar-refractivity contribution in [2.24, 2.45) is 0 Å². The summed E-state index contributed by atoms with van der Waals surface area (Å²) in [6.07, 6.45) is 3.78. The second kappa shape index (κ2) is 16.0. The maximum atomic E-state index is 4.89. The molecule has 320 valence electrons. The van der Waals surface area contributed by atoms with Crippen LogP contribution in [0.15, 0.2) is 219 Å². The summed E-state index contributed by atoms with van der Waals surface area (Å²) in [5.74, 6) is 0. The summed E-state index contributed by atoms with van der Waals surface area (Å²) in [4.78, 5) is 14.6. The highest BCUT2D eigenvalue weighted by Crippen LogP contribution is 2.65. The first-order valence-corrected chi connectivity index (χ1v) is 23.1. The zero-order valence-corrected chi connectivity index (χ0v) is 38.1. The molecule has 0 fully saturated rings. The SMILES string of the molecule is Cc1ccc(N(c2ccc(C)cc2)c2ccc3c(c2)C2(c4cc(-c5ccccn5)ccc4-c4ccc(-c5ccccn5)cc42)c2cc(N(c4ccc(C)cc4)c4ccc(C)cc4)ccc2-3)cc1. The van der Waals surface area contributed by atoms with E-state index in [0.717, 1.165) is 56.6 Å². The minimum Gasteiger partial charge on any atom is -0.310 e. The normalized spacial score (nSPS) is 12.6. The molecule has 0 atom stereocenters. The number of aryl methyl sites for hydroxylation is 4. The zero-order valence-electron chi connectivity index (χ0n) is 38.1. The van der Waals surface area contributed by atoms with Gasteiger partial charge in [0, 0.05) is 57.6 Å². The molecule has 4 nitrogen and oxygen atoms in total. The summed E-state index contributed by atoms with van der Waals surface area (Å²) < 4.78 is 0. The van der Waals surface area contributed by atoms with E-state index in [9.17, 15) is 0 Å². The summed E-state index contributed by atoms with van der Waals surface area (Å²) in [6, 6.07) is 76.2. The Hall–Kier alpha value is -8.34. The van der Waals surface area contributed by atoms with Gasteiger partial charge in [0.05, 0.1) is 16.8 Å². The first kappa shape index (κ1) is 40.2. The van der Waals surface area contributed by atoms with E-state index in [1.165, 1.54) is 66.8 Å². The van der Waals surface area contributed by atoms with E-state index in [2.05, 4.69) is 232 Å². The van der Waals surface area contributed by atoms with Crippen LogP contribution in [0.2, 0.25) is 0 Å². The second-order valence-electron chi connectivity index (χ2n) is 18.2. The predicted octanol–water partition coefficient (Wildman–Crippen LogP) is 16.3. The Kier molecular flexibility index (Phi) is 9.58. The molecule has 2 heterocycles. The van der Waals surface area contributed by atoms with Gasteiger partial charge in [0.15, 0.2) is 0 Å². The third kappa shape index (κ3) is 6.67. The van der Waals surface area contributed by atoms with Gasteiger partial charge >= 0.3 is 0 Å². The molecule has 0 bridgehead atoms. The molecule has 0 unspecified atom stereocenters. The van der Waals surface area contributed by atoms with E-state index in [0.29, 0.717) is 0 Å². The van der Waals surface area contributed by atoms with Crippen molar-refractivity contribution in [3.63, 3.8) is 0 Å². The van der Waals surface area contributed by atoms with Gasteiger partial charge < -0.3 is 9.80 Å². The van der Waals surface area contributed by atoms with Crippen LogP contribution >= 0.6 is 0 Å². The summed E-state index contributed by atoms with van der Waals surface area (Å²) in [6.45, 7) is 8.60. The number of nitrogens with zero attached hydrogens (tertiary/aromatic N) is 4. The van der Waals surface area contributed by atoms with Crippen molar-refractivity contribution in [3.05, 3.63) is 263 Å². The maximum absolute atomic E-state index is 4.89. The average Bonchev–Trinajstić information content (AvgIpc) is 3.83. The molecule has 2 aliphatic carbocycles. The largest absolute Gasteiger partial charge is 0.310 e. The predicted molar refractivity (Wildman–Crippen MR) is 278 cm³/mol. The smallest absolute Gasteiger partial charge is 0.0727 e. The summed E-state index contributed by atoms with van der Waals surface area (Å²) in [5, 5.41) is 0. The molecule has 2 aromatic heterocycles. The summed E-state index contributed by atoms with van der Waals surface area (Å²) >= 11 is 0. The molecule has 0 aliphatic heterocycles. The van der Waals surface area contributed by atoms with E-state index in [-0.39, 0.29) is 0 Å². The highest BCUT2D eigenvalue weighted by atomic mass is 15.1. The maximum Gasteiger partial charge on any atom is 0.0727 e. The van der Waals surface area contributed by atoms with Gasteiger partial charge in [0.2, 0.25) is 0 Å². The number of pyridine rings is 2. The monoisotopic (exact) mass is 860 g/mol. The van der Waals surface area contributed by atoms with Crippen LogP contribution in [-0.2, 0) is 5.41 Å². The van der Waals surface area contributed by atoms with Crippen LogP contribution in [-0.4, -0.2) is 9.97 Å². The molecule has 67 heavy (non-hydrogen) atoms. The van der Waals surface area contributed by atoms with Crippen molar-refractivity contribution in [3.8, 4) is 44.8 Å². The lowest BCUT2D eigenvalue weighted by Gasteiger charge is -2.33. The number of hydrogen-bond acceptors (Lipinski definition) is 4. The number of hydrogen-bond donors (Lipinski definition) is 0. The molecule has 0 radical (unpaired) electrons. The molecular weight excluding hydrogens is 813 g/mol. The van der Waals surface area contributed by atoms with Crippen LogP contribution in [0, 0.1) is 27.7 Å². The fourth-order valence-corrected chi connectivity index (χ4v) is 10.5. The van der Waals surface area contributed by atoms with Crippen LogP contribution < -0.4 is 9.80 Å². The molecular formula is C63H48N4. The average molecular weight is 861 g/mol. The van der Waals surface area contributed by atoms with E-state index in [4.69, 9.17) is 9.97 Å². The van der Waals surface area contributed by atoms with Crippen LogP contribution in [0.4, 0.5) is 34.1 Å². The Labute approximate surface area is 393 Å². The fraction of sp³-hybridized carbons (Fsp3) is 0.0794. The minimum absolute atomic E-state index is 0.727. The van der Waals surface area contributed by atoms with Crippen molar-refractivity contribution < 1.29 is 0 Å². The molecule has 2 aliphatic rings. The second-order valence-corrected chi connectivity index (χ2v) is 18.2. The first-order valence-electron chi connectivity index (χ1n) is 23.1. The molecule has 12 rings (SSSR count). The minimum atomic E-state index is -0.727. The Morgan fingerprint density at radius 2 is 0.597 bits per heavy atom. The van der Waals surface area contributed by atoms with E-state index < -0.39 is 5.41 Å². The van der Waals surface area contributed by atoms with Crippen molar-refractivity contribution in [1.82, 2.24) is 9.97 Å². The Balaban J connectivity index is 1.18. The van der Waals surface area contributed by atoms with Gasteiger partial charge in [-0.3, -0.25) is 9.97 Å². The van der Waals surface area contributed by atoms with Crippen molar-refractivity contribution >= 4 is 34.1 Å². The van der Waals surface area contributed by atoms with Crippen molar-refractivity contribution in [1.29, 1.82) is 0 Å². The number of benzene rings is 8. The van der Waals surface area contributed by atoms with Crippen molar-refractivity contribution in [2.75, 3.05) is 9.80 Å². The van der Waals surface area contributed by atoms with E-state index >= 15 is 0 Å². The van der Waals surface area contributed by atoms with E-state index in [1.807, 2.05) is 24.5 Å². The quantitative estimate of drug-likeness (QED) is 0.152. The summed E-state index contributed by atoms with van der Waals surface area (Å²) in [5.41, 5.74) is 24.7. The highest BCUT2D eigenvalue weighted by molar-refractivity contribution is 5.99. The fourth-order valence-electron chi connectivity index (χ4n) is 10.5. The van der Waals surface area contributed by atoms with E-state index in [1.54, 1.807) is 0 Å². The first-order chi connectivity index (χ1) is 32.8. The van der Waals surface area contributed by atoms with Gasteiger partial charge in [-0.1, -0.05) is 119 Å².